The first-order valence-corrected chi connectivity index (χ1v) is 7.97. The van der Waals surface area contributed by atoms with Crippen LogP contribution in [0.15, 0.2) is 4.42 Å². The van der Waals surface area contributed by atoms with Crippen LogP contribution in [0.3, 0.4) is 0 Å². The third kappa shape index (κ3) is 4.38. The summed E-state index contributed by atoms with van der Waals surface area (Å²) in [5.41, 5.74) is 0.0592. The Morgan fingerprint density at radius 1 is 1.42 bits per heavy atom. The molecule has 1 atom stereocenters. The van der Waals surface area contributed by atoms with Crippen molar-refractivity contribution >= 4 is 17.8 Å². The van der Waals surface area contributed by atoms with Gasteiger partial charge in [0, 0.05) is 29.6 Å². The van der Waals surface area contributed by atoms with Gasteiger partial charge in [-0.15, -0.1) is 5.10 Å². The third-order valence-electron chi connectivity index (χ3n) is 3.09. The van der Waals surface area contributed by atoms with Crippen molar-refractivity contribution in [1.29, 1.82) is 0 Å². The van der Waals surface area contributed by atoms with Crippen LogP contribution in [0.5, 0.6) is 0 Å². The first kappa shape index (κ1) is 14.7. The molecule has 0 amide bonds. The highest BCUT2D eigenvalue weighted by Crippen LogP contribution is 2.24. The van der Waals surface area contributed by atoms with Crippen molar-refractivity contribution in [2.24, 2.45) is 0 Å². The van der Waals surface area contributed by atoms with Gasteiger partial charge in [0.2, 0.25) is 5.89 Å². The van der Waals surface area contributed by atoms with E-state index in [1.165, 1.54) is 6.42 Å². The fourth-order valence-corrected chi connectivity index (χ4v) is 3.10. The molecule has 19 heavy (non-hydrogen) atoms. The zero-order valence-electron chi connectivity index (χ0n) is 12.3. The van der Waals surface area contributed by atoms with Crippen molar-refractivity contribution in [3.8, 4) is 0 Å². The summed E-state index contributed by atoms with van der Waals surface area (Å²) in [5, 5.41) is 12.3. The number of hydrogen-bond donors (Lipinski definition) is 1. The molecule has 1 aliphatic heterocycles. The van der Waals surface area contributed by atoms with Gasteiger partial charge in [-0.05, 0) is 27.2 Å². The molecule has 5 nitrogen and oxygen atoms in total. The fourth-order valence-electron chi connectivity index (χ4n) is 1.92. The van der Waals surface area contributed by atoms with Gasteiger partial charge in [0.15, 0.2) is 0 Å². The zero-order chi connectivity index (χ0) is 13.9. The Morgan fingerprint density at radius 2 is 2.21 bits per heavy atom. The molecule has 1 saturated heterocycles. The predicted molar refractivity (Wildman–Crippen MR) is 79.6 cm³/mol. The van der Waals surface area contributed by atoms with E-state index in [1.807, 2.05) is 11.8 Å². The SMILES string of the molecule is CCC1CN(c2nnc(CNC(C)(C)C)o2)CCS1. The predicted octanol–water partition coefficient (Wildman–Crippen LogP) is 2.29. The number of rotatable bonds is 4. The normalized spacial score (nSPS) is 20.8. The lowest BCUT2D eigenvalue weighted by atomic mass is 10.1. The van der Waals surface area contributed by atoms with Gasteiger partial charge >= 0.3 is 6.01 Å². The minimum Gasteiger partial charge on any atom is -0.407 e. The quantitative estimate of drug-likeness (QED) is 0.915. The molecule has 1 fully saturated rings. The molecule has 0 saturated carbocycles. The summed E-state index contributed by atoms with van der Waals surface area (Å²) in [6.45, 7) is 11.2. The van der Waals surface area contributed by atoms with Crippen molar-refractivity contribution in [3.63, 3.8) is 0 Å². The van der Waals surface area contributed by atoms with Crippen LogP contribution < -0.4 is 10.2 Å². The first-order chi connectivity index (χ1) is 8.98. The van der Waals surface area contributed by atoms with E-state index in [-0.39, 0.29) is 5.54 Å². The van der Waals surface area contributed by atoms with Gasteiger partial charge in [0.1, 0.15) is 0 Å². The van der Waals surface area contributed by atoms with Gasteiger partial charge in [-0.3, -0.25) is 0 Å². The average Bonchev–Trinajstić information content (AvgIpc) is 2.84. The Balaban J connectivity index is 1.93. The molecular formula is C13H24N4OS. The Kier molecular flexibility index (Phi) is 4.73. The second kappa shape index (κ2) is 6.13. The van der Waals surface area contributed by atoms with Crippen LogP contribution in [0.2, 0.25) is 0 Å². The van der Waals surface area contributed by atoms with Crippen LogP contribution in [-0.2, 0) is 6.54 Å². The van der Waals surface area contributed by atoms with E-state index in [1.54, 1.807) is 0 Å². The van der Waals surface area contributed by atoms with E-state index in [0.29, 0.717) is 23.7 Å². The van der Waals surface area contributed by atoms with Gasteiger partial charge in [-0.2, -0.15) is 11.8 Å². The summed E-state index contributed by atoms with van der Waals surface area (Å²) in [7, 11) is 0. The Morgan fingerprint density at radius 3 is 2.89 bits per heavy atom. The Bertz CT molecular complexity index is 402. The molecule has 0 spiro atoms. The van der Waals surface area contributed by atoms with E-state index in [9.17, 15) is 0 Å². The van der Waals surface area contributed by atoms with Gasteiger partial charge in [0.05, 0.1) is 6.54 Å². The van der Waals surface area contributed by atoms with Crippen LogP contribution in [0.1, 0.15) is 40.0 Å². The molecule has 1 aromatic heterocycles. The Labute approximate surface area is 119 Å². The average molecular weight is 284 g/mol. The molecule has 2 rings (SSSR count). The summed E-state index contributed by atoms with van der Waals surface area (Å²) in [6.07, 6.45) is 1.19. The molecule has 1 aliphatic rings. The minimum atomic E-state index is 0.0592. The van der Waals surface area contributed by atoms with Crippen LogP contribution in [0.25, 0.3) is 0 Å². The van der Waals surface area contributed by atoms with E-state index in [0.717, 1.165) is 18.8 Å². The number of nitrogens with one attached hydrogen (secondary N) is 1. The Hall–Kier alpha value is -0.750. The number of thioether (sulfide) groups is 1. The molecule has 1 unspecified atom stereocenters. The lowest BCUT2D eigenvalue weighted by Crippen LogP contribution is -2.37. The molecule has 0 aromatic carbocycles. The highest BCUT2D eigenvalue weighted by Gasteiger charge is 2.23. The summed E-state index contributed by atoms with van der Waals surface area (Å²) < 4.78 is 5.74. The van der Waals surface area contributed by atoms with Gasteiger partial charge in [-0.25, -0.2) is 0 Å². The van der Waals surface area contributed by atoms with Crippen LogP contribution >= 0.6 is 11.8 Å². The first-order valence-electron chi connectivity index (χ1n) is 6.92. The van der Waals surface area contributed by atoms with E-state index in [4.69, 9.17) is 4.42 Å². The van der Waals surface area contributed by atoms with Crippen molar-refractivity contribution in [3.05, 3.63) is 5.89 Å². The summed E-state index contributed by atoms with van der Waals surface area (Å²) in [5.74, 6) is 1.80. The summed E-state index contributed by atoms with van der Waals surface area (Å²) in [4.78, 5) is 2.21. The molecule has 1 aromatic rings. The van der Waals surface area contributed by atoms with E-state index in [2.05, 4.69) is 48.1 Å². The zero-order valence-corrected chi connectivity index (χ0v) is 13.1. The maximum Gasteiger partial charge on any atom is 0.318 e. The van der Waals surface area contributed by atoms with Gasteiger partial charge in [-0.1, -0.05) is 12.0 Å². The van der Waals surface area contributed by atoms with E-state index < -0.39 is 0 Å². The van der Waals surface area contributed by atoms with Crippen molar-refractivity contribution in [2.45, 2.75) is 51.4 Å². The van der Waals surface area contributed by atoms with Gasteiger partial charge < -0.3 is 14.6 Å². The molecular weight excluding hydrogens is 260 g/mol. The third-order valence-corrected chi connectivity index (χ3v) is 4.46. The van der Waals surface area contributed by atoms with Crippen LogP contribution in [0.4, 0.5) is 6.01 Å². The number of hydrogen-bond acceptors (Lipinski definition) is 6. The number of anilines is 1. The molecule has 108 valence electrons. The summed E-state index contributed by atoms with van der Waals surface area (Å²) in [6, 6.07) is 0.671. The second-order valence-corrected chi connectivity index (χ2v) is 7.34. The fraction of sp³-hybridized carbons (Fsp3) is 0.846. The summed E-state index contributed by atoms with van der Waals surface area (Å²) >= 11 is 2.04. The molecule has 2 heterocycles. The molecule has 0 bridgehead atoms. The molecule has 1 N–H and O–H groups in total. The van der Waals surface area contributed by atoms with Crippen LogP contribution in [-0.4, -0.2) is 39.8 Å². The molecule has 0 radical (unpaired) electrons. The van der Waals surface area contributed by atoms with Crippen LogP contribution in [0, 0.1) is 0 Å². The number of aromatic nitrogens is 2. The lowest BCUT2D eigenvalue weighted by Gasteiger charge is -2.30. The van der Waals surface area contributed by atoms with Gasteiger partial charge in [0.25, 0.3) is 0 Å². The largest absolute Gasteiger partial charge is 0.407 e. The smallest absolute Gasteiger partial charge is 0.318 e. The van der Waals surface area contributed by atoms with Crippen molar-refractivity contribution in [2.75, 3.05) is 23.7 Å². The second-order valence-electron chi connectivity index (χ2n) is 5.93. The monoisotopic (exact) mass is 284 g/mol. The molecule has 6 heteroatoms. The standard InChI is InChI=1S/C13H24N4OS/c1-5-10-9-17(6-7-19-10)12-16-15-11(18-12)8-14-13(2,3)4/h10,14H,5-9H2,1-4H3. The topological polar surface area (TPSA) is 54.2 Å². The maximum absolute atomic E-state index is 5.74. The molecule has 0 aliphatic carbocycles. The highest BCUT2D eigenvalue weighted by atomic mass is 32.2. The van der Waals surface area contributed by atoms with Crippen molar-refractivity contribution < 1.29 is 4.42 Å². The number of nitrogens with zero attached hydrogens (tertiary/aromatic N) is 3. The maximum atomic E-state index is 5.74. The van der Waals surface area contributed by atoms with E-state index >= 15 is 0 Å². The highest BCUT2D eigenvalue weighted by molar-refractivity contribution is 8.00. The van der Waals surface area contributed by atoms with Crippen molar-refractivity contribution in [1.82, 2.24) is 15.5 Å². The lowest BCUT2D eigenvalue weighted by molar-refractivity contribution is 0.380. The minimum absolute atomic E-state index is 0.0592.